The number of aryl methyl sites for hydroxylation is 1. The minimum absolute atomic E-state index is 0.110. The molecule has 0 bridgehead atoms. The molecule has 2 unspecified atom stereocenters. The summed E-state index contributed by atoms with van der Waals surface area (Å²) in [6.07, 6.45) is 0.110. The van der Waals surface area contributed by atoms with Gasteiger partial charge in [-0.1, -0.05) is 25.1 Å². The predicted molar refractivity (Wildman–Crippen MR) is 72.9 cm³/mol. The monoisotopic (exact) mass is 249 g/mol. The number of nitrogens with one attached hydrogen (secondary N) is 1. The summed E-state index contributed by atoms with van der Waals surface area (Å²) in [5.74, 6) is 0. The highest BCUT2D eigenvalue weighted by atomic mass is 16.6. The molecule has 1 aliphatic rings. The molecule has 1 aromatic carbocycles. The Kier molecular flexibility index (Phi) is 4.75. The Morgan fingerprint density at radius 3 is 2.83 bits per heavy atom. The zero-order chi connectivity index (χ0) is 13.0. The van der Waals surface area contributed by atoms with Crippen LogP contribution < -0.4 is 5.32 Å². The minimum Gasteiger partial charge on any atom is -0.376 e. The first-order valence-electron chi connectivity index (χ1n) is 6.73. The van der Waals surface area contributed by atoms with Gasteiger partial charge in [0.25, 0.3) is 0 Å². The summed E-state index contributed by atoms with van der Waals surface area (Å²) < 4.78 is 11.4. The van der Waals surface area contributed by atoms with Gasteiger partial charge in [0.2, 0.25) is 0 Å². The number of ether oxygens (including phenoxy) is 2. The van der Waals surface area contributed by atoms with E-state index in [0.717, 1.165) is 6.54 Å². The van der Waals surface area contributed by atoms with Gasteiger partial charge < -0.3 is 14.8 Å². The third kappa shape index (κ3) is 2.91. The third-order valence-corrected chi connectivity index (χ3v) is 3.62. The maximum absolute atomic E-state index is 5.85. The summed E-state index contributed by atoms with van der Waals surface area (Å²) in [5, 5.41) is 3.53. The lowest BCUT2D eigenvalue weighted by Gasteiger charge is -2.32. The second kappa shape index (κ2) is 6.32. The van der Waals surface area contributed by atoms with Crippen LogP contribution >= 0.6 is 0 Å². The molecule has 2 atom stereocenters. The first-order valence-corrected chi connectivity index (χ1v) is 6.73. The molecule has 3 nitrogen and oxygen atoms in total. The largest absolute Gasteiger partial charge is 0.376 e. The first kappa shape index (κ1) is 13.5. The molecule has 0 aromatic heterocycles. The van der Waals surface area contributed by atoms with Crippen LogP contribution in [-0.2, 0) is 9.47 Å². The topological polar surface area (TPSA) is 30.5 Å². The van der Waals surface area contributed by atoms with Crippen molar-refractivity contribution in [1.29, 1.82) is 0 Å². The van der Waals surface area contributed by atoms with Crippen LogP contribution in [0.1, 0.15) is 29.7 Å². The van der Waals surface area contributed by atoms with Gasteiger partial charge in [0.1, 0.15) is 6.10 Å². The first-order chi connectivity index (χ1) is 8.74. The minimum atomic E-state index is 0.110. The number of rotatable bonds is 4. The molecule has 1 heterocycles. The Hall–Kier alpha value is -0.900. The highest BCUT2D eigenvalue weighted by molar-refractivity contribution is 5.36. The maximum atomic E-state index is 5.85. The van der Waals surface area contributed by atoms with Crippen molar-refractivity contribution >= 4 is 0 Å². The zero-order valence-corrected chi connectivity index (χ0v) is 11.5. The lowest BCUT2D eigenvalue weighted by atomic mass is 9.94. The Morgan fingerprint density at radius 2 is 2.17 bits per heavy atom. The molecule has 0 saturated carbocycles. The molecule has 1 aliphatic heterocycles. The van der Waals surface area contributed by atoms with Crippen molar-refractivity contribution in [1.82, 2.24) is 5.32 Å². The smallest absolute Gasteiger partial charge is 0.100 e. The van der Waals surface area contributed by atoms with Crippen LogP contribution in [0.25, 0.3) is 0 Å². The molecular formula is C15H23NO2. The molecular weight excluding hydrogens is 226 g/mol. The molecule has 18 heavy (non-hydrogen) atoms. The van der Waals surface area contributed by atoms with Gasteiger partial charge in [-0.2, -0.15) is 0 Å². The Bertz CT molecular complexity index is 386. The van der Waals surface area contributed by atoms with Gasteiger partial charge in [0, 0.05) is 0 Å². The van der Waals surface area contributed by atoms with Crippen molar-refractivity contribution in [2.24, 2.45) is 0 Å². The van der Waals surface area contributed by atoms with Gasteiger partial charge >= 0.3 is 0 Å². The van der Waals surface area contributed by atoms with Crippen molar-refractivity contribution in [2.75, 3.05) is 26.4 Å². The van der Waals surface area contributed by atoms with E-state index >= 15 is 0 Å². The van der Waals surface area contributed by atoms with Crippen LogP contribution in [0.3, 0.4) is 0 Å². The van der Waals surface area contributed by atoms with E-state index in [1.165, 1.54) is 16.7 Å². The van der Waals surface area contributed by atoms with Crippen LogP contribution in [0.2, 0.25) is 0 Å². The molecule has 2 rings (SSSR count). The summed E-state index contributed by atoms with van der Waals surface area (Å²) in [7, 11) is 0. The van der Waals surface area contributed by atoms with Crippen LogP contribution in [0.5, 0.6) is 0 Å². The van der Waals surface area contributed by atoms with E-state index in [-0.39, 0.29) is 12.1 Å². The fourth-order valence-electron chi connectivity index (χ4n) is 2.47. The lowest BCUT2D eigenvalue weighted by molar-refractivity contribution is -0.102. The molecule has 1 N–H and O–H groups in total. The summed E-state index contributed by atoms with van der Waals surface area (Å²) in [5.41, 5.74) is 4.00. The molecule has 0 radical (unpaired) electrons. The fourth-order valence-corrected chi connectivity index (χ4v) is 2.47. The number of benzene rings is 1. The van der Waals surface area contributed by atoms with E-state index in [2.05, 4.69) is 44.3 Å². The third-order valence-electron chi connectivity index (χ3n) is 3.62. The summed E-state index contributed by atoms with van der Waals surface area (Å²) in [6.45, 7) is 9.46. The summed E-state index contributed by atoms with van der Waals surface area (Å²) in [4.78, 5) is 0. The quantitative estimate of drug-likeness (QED) is 0.888. The summed E-state index contributed by atoms with van der Waals surface area (Å²) in [6, 6.07) is 6.68. The second-order valence-corrected chi connectivity index (χ2v) is 4.81. The predicted octanol–water partition coefficient (Wildman–Crippen LogP) is 2.37. The van der Waals surface area contributed by atoms with E-state index in [9.17, 15) is 0 Å². The number of hydrogen-bond acceptors (Lipinski definition) is 3. The van der Waals surface area contributed by atoms with Crippen molar-refractivity contribution in [2.45, 2.75) is 32.9 Å². The van der Waals surface area contributed by atoms with Crippen LogP contribution in [0, 0.1) is 13.8 Å². The average Bonchev–Trinajstić information content (AvgIpc) is 2.41. The van der Waals surface area contributed by atoms with Gasteiger partial charge in [-0.15, -0.1) is 0 Å². The molecule has 100 valence electrons. The standard InChI is InChI=1S/C15H23NO2/c1-4-16-15(14-10-17-8-9-18-14)13-7-5-6-11(2)12(13)3/h5-7,14-16H,4,8-10H2,1-3H3. The Labute approximate surface area is 109 Å². The molecule has 1 saturated heterocycles. The molecule has 3 heteroatoms. The van der Waals surface area contributed by atoms with Crippen LogP contribution in [0.15, 0.2) is 18.2 Å². The Morgan fingerprint density at radius 1 is 1.33 bits per heavy atom. The number of likely N-dealkylation sites (N-methyl/N-ethyl adjacent to an activating group) is 1. The van der Waals surface area contributed by atoms with Crippen molar-refractivity contribution in [3.8, 4) is 0 Å². The lowest BCUT2D eigenvalue weighted by Crippen LogP contribution is -2.41. The van der Waals surface area contributed by atoms with E-state index < -0.39 is 0 Å². The highest BCUT2D eigenvalue weighted by Crippen LogP contribution is 2.26. The SMILES string of the molecule is CCNC(c1cccc(C)c1C)C1COCCO1. The number of hydrogen-bond donors (Lipinski definition) is 1. The van der Waals surface area contributed by atoms with Crippen LogP contribution in [-0.4, -0.2) is 32.5 Å². The van der Waals surface area contributed by atoms with E-state index in [1.54, 1.807) is 0 Å². The average molecular weight is 249 g/mol. The van der Waals surface area contributed by atoms with Gasteiger partial charge in [-0.3, -0.25) is 0 Å². The second-order valence-electron chi connectivity index (χ2n) is 4.81. The van der Waals surface area contributed by atoms with Gasteiger partial charge in [0.05, 0.1) is 25.9 Å². The Balaban J connectivity index is 2.25. The van der Waals surface area contributed by atoms with Gasteiger partial charge in [-0.05, 0) is 37.1 Å². The molecule has 0 amide bonds. The molecule has 0 spiro atoms. The van der Waals surface area contributed by atoms with Crippen molar-refractivity contribution in [3.63, 3.8) is 0 Å². The van der Waals surface area contributed by atoms with E-state index in [1.807, 2.05) is 0 Å². The zero-order valence-electron chi connectivity index (χ0n) is 11.5. The van der Waals surface area contributed by atoms with Crippen molar-refractivity contribution in [3.05, 3.63) is 34.9 Å². The normalized spacial score (nSPS) is 21.8. The van der Waals surface area contributed by atoms with Crippen LogP contribution in [0.4, 0.5) is 0 Å². The maximum Gasteiger partial charge on any atom is 0.100 e. The fraction of sp³-hybridized carbons (Fsp3) is 0.600. The van der Waals surface area contributed by atoms with Gasteiger partial charge in [0.15, 0.2) is 0 Å². The molecule has 1 aromatic rings. The summed E-state index contributed by atoms with van der Waals surface area (Å²) >= 11 is 0. The van der Waals surface area contributed by atoms with Gasteiger partial charge in [-0.25, -0.2) is 0 Å². The van der Waals surface area contributed by atoms with E-state index in [0.29, 0.717) is 19.8 Å². The van der Waals surface area contributed by atoms with Crippen molar-refractivity contribution < 1.29 is 9.47 Å². The molecule has 0 aliphatic carbocycles. The van der Waals surface area contributed by atoms with E-state index in [4.69, 9.17) is 9.47 Å². The molecule has 1 fully saturated rings. The highest BCUT2D eigenvalue weighted by Gasteiger charge is 2.27.